The van der Waals surface area contributed by atoms with E-state index in [9.17, 15) is 14.2 Å². The standard InChI is InChI=1S/C16H27N2O5P/c1-2-3-5-8-15(19)17-11-7-4-6-9-16(20)18-12-10-14(13-18)23-24(21)22/h1,14,24H,3-13H2,(H,17,19)(H,21,22)/t14-/m0/s1. The van der Waals surface area contributed by atoms with Crippen LogP contribution in [0.4, 0.5) is 0 Å². The number of unbranched alkanes of at least 4 members (excludes halogenated alkanes) is 3. The number of carbonyl (C=O) groups is 2. The fraction of sp³-hybridized carbons (Fsp3) is 0.750. The highest BCUT2D eigenvalue weighted by Crippen LogP contribution is 2.24. The molecule has 1 rings (SSSR count). The second-order valence-corrected chi connectivity index (χ2v) is 6.62. The molecule has 1 unspecified atom stereocenters. The lowest BCUT2D eigenvalue weighted by Gasteiger charge is -2.16. The highest BCUT2D eigenvalue weighted by Gasteiger charge is 2.27. The summed E-state index contributed by atoms with van der Waals surface area (Å²) in [5.41, 5.74) is 0. The third kappa shape index (κ3) is 9.07. The van der Waals surface area contributed by atoms with Gasteiger partial charge in [-0.1, -0.05) is 6.42 Å². The van der Waals surface area contributed by atoms with E-state index in [0.29, 0.717) is 51.7 Å². The Labute approximate surface area is 144 Å². The van der Waals surface area contributed by atoms with Crippen LogP contribution in [0.1, 0.15) is 51.4 Å². The summed E-state index contributed by atoms with van der Waals surface area (Å²) in [6.45, 7) is 1.59. The van der Waals surface area contributed by atoms with Crippen LogP contribution in [-0.4, -0.2) is 47.3 Å². The van der Waals surface area contributed by atoms with Crippen LogP contribution in [0, 0.1) is 12.3 Å². The van der Waals surface area contributed by atoms with Gasteiger partial charge in [0.15, 0.2) is 0 Å². The first kappa shape index (κ1) is 20.7. The molecule has 2 N–H and O–H groups in total. The Balaban J connectivity index is 2.01. The molecule has 1 saturated heterocycles. The maximum Gasteiger partial charge on any atom is 0.316 e. The fourth-order valence-electron chi connectivity index (χ4n) is 2.60. The van der Waals surface area contributed by atoms with Gasteiger partial charge in [-0.25, -0.2) is 0 Å². The number of terminal acetylenes is 1. The van der Waals surface area contributed by atoms with Gasteiger partial charge in [0.1, 0.15) is 0 Å². The molecule has 1 heterocycles. The largest absolute Gasteiger partial charge is 0.356 e. The van der Waals surface area contributed by atoms with Gasteiger partial charge in [-0.15, -0.1) is 12.3 Å². The van der Waals surface area contributed by atoms with Crippen molar-refractivity contribution in [2.75, 3.05) is 19.6 Å². The lowest BCUT2D eigenvalue weighted by atomic mass is 10.1. The Morgan fingerprint density at radius 2 is 2.08 bits per heavy atom. The van der Waals surface area contributed by atoms with Crippen LogP contribution in [0.25, 0.3) is 0 Å². The first-order valence-electron chi connectivity index (χ1n) is 8.40. The Hall–Kier alpha value is -1.35. The van der Waals surface area contributed by atoms with E-state index in [2.05, 4.69) is 11.2 Å². The summed E-state index contributed by atoms with van der Waals surface area (Å²) in [6.07, 6.45) is 10.1. The molecule has 0 spiro atoms. The molecule has 0 aromatic heterocycles. The smallest absolute Gasteiger partial charge is 0.316 e. The van der Waals surface area contributed by atoms with Crippen molar-refractivity contribution in [3.05, 3.63) is 0 Å². The maximum absolute atomic E-state index is 12.0. The lowest BCUT2D eigenvalue weighted by Crippen LogP contribution is -2.29. The number of carbonyl (C=O) groups excluding carboxylic acids is 2. The molecule has 0 radical (unpaired) electrons. The van der Waals surface area contributed by atoms with E-state index in [1.807, 2.05) is 0 Å². The number of rotatable bonds is 11. The van der Waals surface area contributed by atoms with E-state index in [1.165, 1.54) is 0 Å². The van der Waals surface area contributed by atoms with Crippen molar-refractivity contribution in [3.63, 3.8) is 0 Å². The van der Waals surface area contributed by atoms with E-state index in [1.54, 1.807) is 4.90 Å². The average molecular weight is 358 g/mol. The van der Waals surface area contributed by atoms with Gasteiger partial charge in [0.2, 0.25) is 11.8 Å². The van der Waals surface area contributed by atoms with Crippen LogP contribution in [0.5, 0.6) is 0 Å². The van der Waals surface area contributed by atoms with E-state index >= 15 is 0 Å². The van der Waals surface area contributed by atoms with Gasteiger partial charge in [-0.05, 0) is 25.7 Å². The number of amides is 2. The van der Waals surface area contributed by atoms with Crippen LogP contribution in [-0.2, 0) is 18.7 Å². The Bertz CT molecular complexity index is 478. The maximum atomic E-state index is 12.0. The van der Waals surface area contributed by atoms with E-state index < -0.39 is 8.25 Å². The molecule has 1 fully saturated rings. The van der Waals surface area contributed by atoms with Gasteiger partial charge in [-0.2, -0.15) is 0 Å². The quantitative estimate of drug-likeness (QED) is 0.331. The molecule has 2 amide bonds. The minimum atomic E-state index is -2.94. The highest BCUT2D eigenvalue weighted by molar-refractivity contribution is 7.32. The molecular formula is C16H27N2O5P. The van der Waals surface area contributed by atoms with Gasteiger partial charge in [-0.3, -0.25) is 14.2 Å². The molecule has 0 saturated carbocycles. The molecule has 24 heavy (non-hydrogen) atoms. The predicted molar refractivity (Wildman–Crippen MR) is 91.5 cm³/mol. The zero-order valence-corrected chi connectivity index (χ0v) is 15.0. The number of hydrogen-bond acceptors (Lipinski definition) is 4. The number of hydrogen-bond donors (Lipinski definition) is 2. The van der Waals surface area contributed by atoms with Crippen molar-refractivity contribution in [2.24, 2.45) is 0 Å². The number of nitrogens with zero attached hydrogens (tertiary/aromatic N) is 1. The fourth-order valence-corrected chi connectivity index (χ4v) is 3.07. The molecule has 0 aromatic rings. The molecule has 0 bridgehead atoms. The molecule has 7 nitrogen and oxygen atoms in total. The number of likely N-dealkylation sites (tertiary alicyclic amines) is 1. The Morgan fingerprint density at radius 1 is 1.29 bits per heavy atom. The summed E-state index contributed by atoms with van der Waals surface area (Å²) in [6, 6.07) is 0. The van der Waals surface area contributed by atoms with Gasteiger partial charge in [0.05, 0.1) is 6.10 Å². The highest BCUT2D eigenvalue weighted by atomic mass is 31.1. The molecule has 136 valence electrons. The van der Waals surface area contributed by atoms with Crippen LogP contribution in [0.15, 0.2) is 0 Å². The van der Waals surface area contributed by atoms with Crippen LogP contribution >= 0.6 is 8.25 Å². The van der Waals surface area contributed by atoms with Crippen LogP contribution < -0.4 is 5.32 Å². The van der Waals surface area contributed by atoms with Crippen molar-refractivity contribution < 1.29 is 23.6 Å². The van der Waals surface area contributed by atoms with Crippen molar-refractivity contribution in [1.29, 1.82) is 0 Å². The minimum Gasteiger partial charge on any atom is -0.356 e. The SMILES string of the molecule is C#CCCCC(=O)NCCCCCC(=O)N1CC[C@H](O[PH](=O)O)C1. The Morgan fingerprint density at radius 3 is 2.79 bits per heavy atom. The second-order valence-electron chi connectivity index (χ2n) is 5.85. The Kier molecular flexibility index (Phi) is 10.4. The molecule has 0 aromatic carbocycles. The summed E-state index contributed by atoms with van der Waals surface area (Å²) < 4.78 is 15.5. The van der Waals surface area contributed by atoms with Crippen molar-refractivity contribution in [1.82, 2.24) is 10.2 Å². The molecule has 8 heteroatoms. The van der Waals surface area contributed by atoms with Crippen molar-refractivity contribution >= 4 is 20.1 Å². The average Bonchev–Trinajstić information content (AvgIpc) is 2.98. The summed E-state index contributed by atoms with van der Waals surface area (Å²) >= 11 is 0. The molecule has 1 aliphatic heterocycles. The summed E-state index contributed by atoms with van der Waals surface area (Å²) in [5.74, 6) is 2.58. The van der Waals surface area contributed by atoms with Crippen molar-refractivity contribution in [2.45, 2.75) is 57.5 Å². The normalized spacial score (nSPS) is 18.2. The molecule has 0 aliphatic carbocycles. The summed E-state index contributed by atoms with van der Waals surface area (Å²) in [7, 11) is -2.94. The topological polar surface area (TPSA) is 95.9 Å². The van der Waals surface area contributed by atoms with E-state index in [-0.39, 0.29) is 17.9 Å². The molecule has 1 aliphatic rings. The van der Waals surface area contributed by atoms with Gasteiger partial charge >= 0.3 is 8.25 Å². The van der Waals surface area contributed by atoms with Gasteiger partial charge < -0.3 is 19.6 Å². The van der Waals surface area contributed by atoms with Crippen LogP contribution in [0.2, 0.25) is 0 Å². The first-order chi connectivity index (χ1) is 11.5. The monoisotopic (exact) mass is 358 g/mol. The van der Waals surface area contributed by atoms with Gasteiger partial charge in [0.25, 0.3) is 0 Å². The molecule has 2 atom stereocenters. The van der Waals surface area contributed by atoms with Crippen molar-refractivity contribution in [3.8, 4) is 12.3 Å². The van der Waals surface area contributed by atoms with Crippen LogP contribution in [0.3, 0.4) is 0 Å². The van der Waals surface area contributed by atoms with E-state index in [0.717, 1.165) is 19.3 Å². The third-order valence-electron chi connectivity index (χ3n) is 3.88. The zero-order chi connectivity index (χ0) is 17.8. The first-order valence-corrected chi connectivity index (χ1v) is 9.66. The number of nitrogens with one attached hydrogen (secondary N) is 1. The van der Waals surface area contributed by atoms with E-state index in [4.69, 9.17) is 15.8 Å². The predicted octanol–water partition coefficient (Wildman–Crippen LogP) is 1.47. The molecular weight excluding hydrogens is 331 g/mol. The summed E-state index contributed by atoms with van der Waals surface area (Å²) in [5, 5.41) is 2.84. The zero-order valence-electron chi connectivity index (χ0n) is 14.0. The second kappa shape index (κ2) is 12.1. The lowest BCUT2D eigenvalue weighted by molar-refractivity contribution is -0.130. The minimum absolute atomic E-state index is 0.0209. The third-order valence-corrected chi connectivity index (χ3v) is 4.41. The van der Waals surface area contributed by atoms with Gasteiger partial charge in [0, 0.05) is 38.9 Å². The summed E-state index contributed by atoms with van der Waals surface area (Å²) in [4.78, 5) is 33.9.